The molecule has 4 nitrogen and oxygen atoms in total. The molecular weight excluding hydrogens is 226 g/mol. The molecule has 0 radical (unpaired) electrons. The predicted molar refractivity (Wildman–Crippen MR) is 71.4 cm³/mol. The fraction of sp³-hybridized carbons (Fsp3) is 0.786. The standard InChI is InChI=1S/C14H23N3O/c1-11-10-17(16-13(11)15)12-5-8-18-14(9-12)6-3-2-4-7-14/h10,12H,2-9H2,1H3,(H2,15,16). The zero-order valence-electron chi connectivity index (χ0n) is 11.2. The maximum atomic E-state index is 6.12. The van der Waals surface area contributed by atoms with E-state index in [0.717, 1.165) is 25.0 Å². The first-order valence-corrected chi connectivity index (χ1v) is 7.14. The molecule has 2 fully saturated rings. The molecule has 4 heteroatoms. The van der Waals surface area contributed by atoms with Gasteiger partial charge in [0.2, 0.25) is 0 Å². The Balaban J connectivity index is 1.77. The van der Waals surface area contributed by atoms with Crippen LogP contribution in [0.4, 0.5) is 5.82 Å². The van der Waals surface area contributed by atoms with E-state index in [9.17, 15) is 0 Å². The molecule has 1 aromatic heterocycles. The summed E-state index contributed by atoms with van der Waals surface area (Å²) in [4.78, 5) is 0. The third-order valence-corrected chi connectivity index (χ3v) is 4.56. The first kappa shape index (κ1) is 12.0. The average Bonchev–Trinajstić information content (AvgIpc) is 2.71. The van der Waals surface area contributed by atoms with E-state index in [1.165, 1.54) is 32.1 Å². The lowest BCUT2D eigenvalue weighted by molar-refractivity contribution is -0.115. The Morgan fingerprint density at radius 2 is 2.17 bits per heavy atom. The molecule has 0 bridgehead atoms. The van der Waals surface area contributed by atoms with Crippen molar-refractivity contribution in [3.63, 3.8) is 0 Å². The van der Waals surface area contributed by atoms with Crippen LogP contribution in [-0.4, -0.2) is 22.0 Å². The molecule has 1 saturated heterocycles. The van der Waals surface area contributed by atoms with E-state index in [4.69, 9.17) is 10.5 Å². The molecule has 1 atom stereocenters. The van der Waals surface area contributed by atoms with Crippen molar-refractivity contribution in [3.05, 3.63) is 11.8 Å². The summed E-state index contributed by atoms with van der Waals surface area (Å²) in [5.74, 6) is 0.666. The van der Waals surface area contributed by atoms with Gasteiger partial charge < -0.3 is 10.5 Å². The second kappa shape index (κ2) is 4.57. The Hall–Kier alpha value is -1.03. The number of nitrogen functional groups attached to an aromatic ring is 1. The average molecular weight is 249 g/mol. The predicted octanol–water partition coefficient (Wildman–Crippen LogP) is 2.83. The summed E-state index contributed by atoms with van der Waals surface area (Å²) < 4.78 is 8.20. The van der Waals surface area contributed by atoms with Crippen LogP contribution in [0.2, 0.25) is 0 Å². The largest absolute Gasteiger partial charge is 0.382 e. The molecular formula is C14H23N3O. The molecule has 1 unspecified atom stereocenters. The van der Waals surface area contributed by atoms with E-state index in [1.54, 1.807) is 0 Å². The number of nitrogens with zero attached hydrogens (tertiary/aromatic N) is 2. The zero-order valence-corrected chi connectivity index (χ0v) is 11.2. The molecule has 1 aliphatic heterocycles. The van der Waals surface area contributed by atoms with Crippen LogP contribution in [0.15, 0.2) is 6.20 Å². The second-order valence-corrected chi connectivity index (χ2v) is 5.92. The number of aromatic nitrogens is 2. The van der Waals surface area contributed by atoms with Crippen molar-refractivity contribution < 1.29 is 4.74 Å². The van der Waals surface area contributed by atoms with Crippen LogP contribution in [0.3, 0.4) is 0 Å². The third kappa shape index (κ3) is 2.14. The Bertz CT molecular complexity index is 396. The number of ether oxygens (including phenoxy) is 1. The summed E-state index contributed by atoms with van der Waals surface area (Å²) in [5, 5.41) is 4.45. The van der Waals surface area contributed by atoms with E-state index in [2.05, 4.69) is 16.0 Å². The van der Waals surface area contributed by atoms with Gasteiger partial charge in [0.15, 0.2) is 0 Å². The van der Waals surface area contributed by atoms with Gasteiger partial charge in [-0.3, -0.25) is 4.68 Å². The van der Waals surface area contributed by atoms with Crippen molar-refractivity contribution in [2.45, 2.75) is 63.5 Å². The SMILES string of the molecule is Cc1cn(C2CCOC3(CCCCC3)C2)nc1N. The quantitative estimate of drug-likeness (QED) is 0.832. The number of nitrogens with two attached hydrogens (primary N) is 1. The molecule has 1 aromatic rings. The normalized spacial score (nSPS) is 27.5. The molecule has 0 amide bonds. The van der Waals surface area contributed by atoms with Gasteiger partial charge in [-0.05, 0) is 32.6 Å². The van der Waals surface area contributed by atoms with E-state index in [-0.39, 0.29) is 5.60 Å². The van der Waals surface area contributed by atoms with Gasteiger partial charge in [0, 0.05) is 18.4 Å². The molecule has 100 valence electrons. The van der Waals surface area contributed by atoms with Crippen LogP contribution in [0.25, 0.3) is 0 Å². The Morgan fingerprint density at radius 1 is 1.39 bits per heavy atom. The maximum Gasteiger partial charge on any atom is 0.148 e. The first-order valence-electron chi connectivity index (χ1n) is 7.14. The number of rotatable bonds is 1. The summed E-state index contributed by atoms with van der Waals surface area (Å²) in [5.41, 5.74) is 7.07. The highest BCUT2D eigenvalue weighted by molar-refractivity contribution is 5.35. The van der Waals surface area contributed by atoms with Gasteiger partial charge in [0.05, 0.1) is 11.6 Å². The fourth-order valence-corrected chi connectivity index (χ4v) is 3.46. The van der Waals surface area contributed by atoms with Gasteiger partial charge >= 0.3 is 0 Å². The van der Waals surface area contributed by atoms with Gasteiger partial charge in [-0.2, -0.15) is 5.10 Å². The van der Waals surface area contributed by atoms with Gasteiger partial charge in [-0.15, -0.1) is 0 Å². The van der Waals surface area contributed by atoms with Crippen molar-refractivity contribution in [2.75, 3.05) is 12.3 Å². The van der Waals surface area contributed by atoms with Crippen LogP contribution in [0.5, 0.6) is 0 Å². The van der Waals surface area contributed by atoms with Crippen LogP contribution in [0.1, 0.15) is 56.6 Å². The van der Waals surface area contributed by atoms with E-state index in [1.807, 2.05) is 6.92 Å². The summed E-state index contributed by atoms with van der Waals surface area (Å²) in [6.07, 6.45) is 10.7. The van der Waals surface area contributed by atoms with Gasteiger partial charge in [-0.1, -0.05) is 19.3 Å². The summed E-state index contributed by atoms with van der Waals surface area (Å²) in [6.45, 7) is 2.89. The van der Waals surface area contributed by atoms with Crippen LogP contribution >= 0.6 is 0 Å². The molecule has 2 aliphatic rings. The van der Waals surface area contributed by atoms with E-state index in [0.29, 0.717) is 11.9 Å². The van der Waals surface area contributed by atoms with Crippen LogP contribution < -0.4 is 5.73 Å². The lowest BCUT2D eigenvalue weighted by Crippen LogP contribution is -2.42. The molecule has 0 aromatic carbocycles. The van der Waals surface area contributed by atoms with Crippen molar-refractivity contribution in [3.8, 4) is 0 Å². The van der Waals surface area contributed by atoms with Gasteiger partial charge in [0.25, 0.3) is 0 Å². The number of aryl methyl sites for hydroxylation is 1. The Labute approximate surface area is 108 Å². The van der Waals surface area contributed by atoms with E-state index < -0.39 is 0 Å². The van der Waals surface area contributed by atoms with Crippen LogP contribution in [-0.2, 0) is 4.74 Å². The Morgan fingerprint density at radius 3 is 2.83 bits per heavy atom. The maximum absolute atomic E-state index is 6.12. The van der Waals surface area contributed by atoms with Crippen molar-refractivity contribution >= 4 is 5.82 Å². The smallest absolute Gasteiger partial charge is 0.148 e. The molecule has 2 N–H and O–H groups in total. The van der Waals surface area contributed by atoms with Crippen molar-refractivity contribution in [1.29, 1.82) is 0 Å². The monoisotopic (exact) mass is 249 g/mol. The highest BCUT2D eigenvalue weighted by Gasteiger charge is 2.39. The topological polar surface area (TPSA) is 53.1 Å². The Kier molecular flexibility index (Phi) is 3.06. The van der Waals surface area contributed by atoms with Crippen LogP contribution in [0, 0.1) is 6.92 Å². The third-order valence-electron chi connectivity index (χ3n) is 4.56. The van der Waals surface area contributed by atoms with Gasteiger partial charge in [0.1, 0.15) is 5.82 Å². The molecule has 2 heterocycles. The highest BCUT2D eigenvalue weighted by atomic mass is 16.5. The number of hydrogen-bond donors (Lipinski definition) is 1. The summed E-state index contributed by atoms with van der Waals surface area (Å²) in [6, 6.07) is 0.466. The summed E-state index contributed by atoms with van der Waals surface area (Å²) in [7, 11) is 0. The minimum absolute atomic E-state index is 0.135. The molecule has 1 aliphatic carbocycles. The number of hydrogen-bond acceptors (Lipinski definition) is 3. The minimum Gasteiger partial charge on any atom is -0.382 e. The summed E-state index contributed by atoms with van der Waals surface area (Å²) >= 11 is 0. The van der Waals surface area contributed by atoms with Crippen molar-refractivity contribution in [2.24, 2.45) is 0 Å². The lowest BCUT2D eigenvalue weighted by Gasteiger charge is -2.43. The second-order valence-electron chi connectivity index (χ2n) is 5.92. The number of anilines is 1. The van der Waals surface area contributed by atoms with Gasteiger partial charge in [-0.25, -0.2) is 0 Å². The fourth-order valence-electron chi connectivity index (χ4n) is 3.46. The molecule has 3 rings (SSSR count). The molecule has 1 saturated carbocycles. The highest BCUT2D eigenvalue weighted by Crippen LogP contribution is 2.42. The first-order chi connectivity index (χ1) is 8.69. The lowest BCUT2D eigenvalue weighted by atomic mass is 9.78. The zero-order chi connectivity index (χ0) is 12.6. The molecule has 1 spiro atoms. The molecule has 18 heavy (non-hydrogen) atoms. The van der Waals surface area contributed by atoms with Crippen molar-refractivity contribution in [1.82, 2.24) is 9.78 Å². The minimum atomic E-state index is 0.135. The van der Waals surface area contributed by atoms with E-state index >= 15 is 0 Å².